The predicted molar refractivity (Wildman–Crippen MR) is 79.5 cm³/mol. The van der Waals surface area contributed by atoms with Crippen LogP contribution < -0.4 is 5.32 Å². The molecule has 0 saturated heterocycles. The van der Waals surface area contributed by atoms with Crippen LogP contribution >= 0.6 is 0 Å². The lowest BCUT2D eigenvalue weighted by atomic mass is 10.2. The van der Waals surface area contributed by atoms with E-state index >= 15 is 0 Å². The van der Waals surface area contributed by atoms with E-state index in [1.54, 1.807) is 18.5 Å². The van der Waals surface area contributed by atoms with Crippen molar-refractivity contribution in [3.05, 3.63) is 42.7 Å². The molecule has 3 aromatic rings. The topological polar surface area (TPSA) is 76.7 Å². The van der Waals surface area contributed by atoms with E-state index in [4.69, 9.17) is 4.52 Å². The van der Waals surface area contributed by atoms with Crippen LogP contribution in [0.5, 0.6) is 0 Å². The molecule has 0 atom stereocenters. The third-order valence-electron chi connectivity index (χ3n) is 2.90. The highest BCUT2D eigenvalue weighted by Crippen LogP contribution is 2.21. The standard InChI is InChI=1S/C15H15N5O/c1-2-8-16-12-6-4-11(5-7-12)15-19-14(20-21-15)13-17-9-3-10-18-13/h3-7,9-10,16H,2,8H2,1H3. The van der Waals surface area contributed by atoms with Gasteiger partial charge in [-0.3, -0.25) is 0 Å². The molecule has 106 valence electrons. The zero-order valence-corrected chi connectivity index (χ0v) is 11.7. The van der Waals surface area contributed by atoms with Gasteiger partial charge in [-0.1, -0.05) is 12.1 Å². The predicted octanol–water partition coefficient (Wildman–Crippen LogP) is 3.02. The van der Waals surface area contributed by atoms with Crippen LogP contribution in [0.25, 0.3) is 23.1 Å². The lowest BCUT2D eigenvalue weighted by Crippen LogP contribution is -1.98. The van der Waals surface area contributed by atoms with Crippen molar-refractivity contribution in [3.8, 4) is 23.1 Å². The van der Waals surface area contributed by atoms with Gasteiger partial charge in [0.25, 0.3) is 5.89 Å². The van der Waals surface area contributed by atoms with Crippen LogP contribution in [-0.4, -0.2) is 26.7 Å². The first kappa shape index (κ1) is 13.2. The Hall–Kier alpha value is -2.76. The van der Waals surface area contributed by atoms with Gasteiger partial charge in [0.1, 0.15) is 0 Å². The van der Waals surface area contributed by atoms with E-state index in [1.165, 1.54) is 0 Å². The van der Waals surface area contributed by atoms with E-state index in [0.717, 1.165) is 24.2 Å². The van der Waals surface area contributed by atoms with E-state index in [2.05, 4.69) is 32.3 Å². The summed E-state index contributed by atoms with van der Waals surface area (Å²) in [6.45, 7) is 3.09. The van der Waals surface area contributed by atoms with Crippen LogP contribution in [0.1, 0.15) is 13.3 Å². The highest BCUT2D eigenvalue weighted by molar-refractivity contribution is 5.59. The van der Waals surface area contributed by atoms with Crippen LogP contribution in [0.2, 0.25) is 0 Å². The molecular formula is C15H15N5O. The maximum Gasteiger partial charge on any atom is 0.258 e. The summed E-state index contributed by atoms with van der Waals surface area (Å²) in [7, 11) is 0. The fourth-order valence-electron chi connectivity index (χ4n) is 1.85. The van der Waals surface area contributed by atoms with Crippen molar-refractivity contribution >= 4 is 5.69 Å². The molecule has 6 nitrogen and oxygen atoms in total. The number of benzene rings is 1. The summed E-state index contributed by atoms with van der Waals surface area (Å²) in [4.78, 5) is 12.5. The first-order chi connectivity index (χ1) is 10.4. The van der Waals surface area contributed by atoms with Crippen molar-refractivity contribution < 1.29 is 4.52 Å². The number of aromatic nitrogens is 4. The summed E-state index contributed by atoms with van der Waals surface area (Å²) in [5.74, 6) is 1.30. The second-order valence-corrected chi connectivity index (χ2v) is 4.50. The van der Waals surface area contributed by atoms with Crippen molar-refractivity contribution in [2.45, 2.75) is 13.3 Å². The first-order valence-electron chi connectivity index (χ1n) is 6.82. The molecule has 0 radical (unpaired) electrons. The van der Waals surface area contributed by atoms with E-state index < -0.39 is 0 Å². The minimum atomic E-state index is 0.388. The Bertz CT molecular complexity index is 694. The number of nitrogens with one attached hydrogen (secondary N) is 1. The zero-order valence-electron chi connectivity index (χ0n) is 11.7. The van der Waals surface area contributed by atoms with Crippen LogP contribution in [0.4, 0.5) is 5.69 Å². The van der Waals surface area contributed by atoms with E-state index in [0.29, 0.717) is 17.5 Å². The average Bonchev–Trinajstić information content (AvgIpc) is 3.04. The maximum atomic E-state index is 5.26. The van der Waals surface area contributed by atoms with Gasteiger partial charge >= 0.3 is 0 Å². The molecule has 1 aromatic carbocycles. The average molecular weight is 281 g/mol. The quantitative estimate of drug-likeness (QED) is 0.774. The van der Waals surface area contributed by atoms with Crippen LogP contribution in [0, 0.1) is 0 Å². The van der Waals surface area contributed by atoms with Gasteiger partial charge in [-0.15, -0.1) is 0 Å². The van der Waals surface area contributed by atoms with Gasteiger partial charge in [0.2, 0.25) is 11.6 Å². The van der Waals surface area contributed by atoms with Crippen LogP contribution in [0.15, 0.2) is 47.2 Å². The van der Waals surface area contributed by atoms with E-state index in [1.807, 2.05) is 24.3 Å². The monoisotopic (exact) mass is 281 g/mol. The molecule has 0 aliphatic rings. The van der Waals surface area contributed by atoms with Crippen molar-refractivity contribution in [2.24, 2.45) is 0 Å². The molecule has 0 spiro atoms. The Kier molecular flexibility index (Phi) is 3.86. The van der Waals surface area contributed by atoms with Gasteiger partial charge in [-0.2, -0.15) is 4.98 Å². The molecule has 0 saturated carbocycles. The lowest BCUT2D eigenvalue weighted by molar-refractivity contribution is 0.432. The molecule has 0 unspecified atom stereocenters. The van der Waals surface area contributed by atoms with E-state index in [-0.39, 0.29) is 0 Å². The lowest BCUT2D eigenvalue weighted by Gasteiger charge is -2.04. The van der Waals surface area contributed by atoms with Crippen molar-refractivity contribution in [2.75, 3.05) is 11.9 Å². The normalized spacial score (nSPS) is 10.5. The summed E-state index contributed by atoms with van der Waals surface area (Å²) in [6, 6.07) is 9.62. The molecule has 1 N–H and O–H groups in total. The first-order valence-corrected chi connectivity index (χ1v) is 6.82. The van der Waals surface area contributed by atoms with E-state index in [9.17, 15) is 0 Å². The molecule has 0 bridgehead atoms. The molecule has 0 fully saturated rings. The Balaban J connectivity index is 1.80. The Morgan fingerprint density at radius 1 is 1.05 bits per heavy atom. The Morgan fingerprint density at radius 3 is 2.52 bits per heavy atom. The van der Waals surface area contributed by atoms with Gasteiger partial charge in [0, 0.05) is 30.2 Å². The Morgan fingerprint density at radius 2 is 1.81 bits per heavy atom. The third kappa shape index (κ3) is 3.05. The summed E-state index contributed by atoms with van der Waals surface area (Å²) < 4.78 is 5.26. The summed E-state index contributed by atoms with van der Waals surface area (Å²) in [5, 5.41) is 7.23. The molecule has 3 rings (SSSR count). The molecule has 21 heavy (non-hydrogen) atoms. The van der Waals surface area contributed by atoms with Crippen molar-refractivity contribution in [1.29, 1.82) is 0 Å². The maximum absolute atomic E-state index is 5.26. The smallest absolute Gasteiger partial charge is 0.258 e. The van der Waals surface area contributed by atoms with Gasteiger partial charge in [0.05, 0.1) is 0 Å². The van der Waals surface area contributed by atoms with Crippen LogP contribution in [-0.2, 0) is 0 Å². The van der Waals surface area contributed by atoms with Crippen molar-refractivity contribution in [1.82, 2.24) is 20.1 Å². The number of nitrogens with zero attached hydrogens (tertiary/aromatic N) is 4. The molecule has 0 aliphatic heterocycles. The molecule has 2 heterocycles. The van der Waals surface area contributed by atoms with Gasteiger partial charge in [-0.25, -0.2) is 9.97 Å². The van der Waals surface area contributed by atoms with Gasteiger partial charge in [-0.05, 0) is 36.8 Å². The molecular weight excluding hydrogens is 266 g/mol. The summed E-state index contributed by atoms with van der Waals surface area (Å²) in [5.41, 5.74) is 1.94. The molecule has 2 aromatic heterocycles. The molecule has 6 heteroatoms. The second kappa shape index (κ2) is 6.13. The highest BCUT2D eigenvalue weighted by Gasteiger charge is 2.12. The minimum Gasteiger partial charge on any atom is -0.385 e. The van der Waals surface area contributed by atoms with Gasteiger partial charge < -0.3 is 9.84 Å². The number of hydrogen-bond donors (Lipinski definition) is 1. The van der Waals surface area contributed by atoms with Crippen molar-refractivity contribution in [3.63, 3.8) is 0 Å². The fraction of sp³-hybridized carbons (Fsp3) is 0.200. The minimum absolute atomic E-state index is 0.388. The molecule has 0 aliphatic carbocycles. The number of hydrogen-bond acceptors (Lipinski definition) is 6. The third-order valence-corrected chi connectivity index (χ3v) is 2.90. The largest absolute Gasteiger partial charge is 0.385 e. The second-order valence-electron chi connectivity index (χ2n) is 4.50. The number of anilines is 1. The highest BCUT2D eigenvalue weighted by atomic mass is 16.5. The zero-order chi connectivity index (χ0) is 14.5. The fourth-order valence-corrected chi connectivity index (χ4v) is 1.85. The SMILES string of the molecule is CCCNc1ccc(-c2nc(-c3ncccn3)no2)cc1. The summed E-state index contributed by atoms with van der Waals surface area (Å²) in [6.07, 6.45) is 4.38. The summed E-state index contributed by atoms with van der Waals surface area (Å²) >= 11 is 0. The Labute approximate surface area is 122 Å². The van der Waals surface area contributed by atoms with Gasteiger partial charge in [0.15, 0.2) is 0 Å². The molecule has 0 amide bonds. The van der Waals surface area contributed by atoms with Crippen LogP contribution in [0.3, 0.4) is 0 Å². The number of rotatable bonds is 5.